The first-order chi connectivity index (χ1) is 11.1. The molecule has 120 valence electrons. The lowest BCUT2D eigenvalue weighted by molar-refractivity contribution is -0.130. The van der Waals surface area contributed by atoms with E-state index in [1.165, 1.54) is 12.1 Å². The number of phenols is 1. The van der Waals surface area contributed by atoms with Crippen LogP contribution < -0.4 is 5.32 Å². The average molecular weight is 313 g/mol. The molecule has 0 heterocycles. The standard InChI is InChI=1S/C18H19NO4/c1-2-16(17(21)19-12-13-8-4-3-5-9-13)23-18(22)14-10-6-7-11-15(14)20/h3-11,16,20H,2,12H2,1H3,(H,19,21)/t16-/m1/s1. The quantitative estimate of drug-likeness (QED) is 0.804. The number of amides is 1. The van der Waals surface area contributed by atoms with Crippen molar-refractivity contribution in [2.45, 2.75) is 26.0 Å². The predicted octanol–water partition coefficient (Wildman–Crippen LogP) is 2.64. The van der Waals surface area contributed by atoms with Crippen molar-refractivity contribution in [1.82, 2.24) is 5.32 Å². The third-order valence-corrected chi connectivity index (χ3v) is 3.35. The van der Waals surface area contributed by atoms with Crippen molar-refractivity contribution in [1.29, 1.82) is 0 Å². The number of carbonyl (C=O) groups excluding carboxylic acids is 2. The number of phenolic OH excluding ortho intramolecular Hbond substituents is 1. The number of aromatic hydroxyl groups is 1. The molecule has 23 heavy (non-hydrogen) atoms. The van der Waals surface area contributed by atoms with Crippen LogP contribution in [0.3, 0.4) is 0 Å². The van der Waals surface area contributed by atoms with E-state index in [1.807, 2.05) is 30.3 Å². The number of hydrogen-bond acceptors (Lipinski definition) is 4. The molecule has 0 aliphatic heterocycles. The molecule has 0 spiro atoms. The molecule has 0 aromatic heterocycles. The highest BCUT2D eigenvalue weighted by Crippen LogP contribution is 2.17. The van der Waals surface area contributed by atoms with Crippen molar-refractivity contribution in [2.24, 2.45) is 0 Å². The van der Waals surface area contributed by atoms with Gasteiger partial charge in [-0.15, -0.1) is 0 Å². The normalized spacial score (nSPS) is 11.5. The molecule has 1 atom stereocenters. The molecule has 5 heteroatoms. The summed E-state index contributed by atoms with van der Waals surface area (Å²) < 4.78 is 5.21. The number of nitrogens with one attached hydrogen (secondary N) is 1. The Bertz CT molecular complexity index is 670. The summed E-state index contributed by atoms with van der Waals surface area (Å²) in [5.41, 5.74) is 1.00. The van der Waals surface area contributed by atoms with Gasteiger partial charge < -0.3 is 15.2 Å². The SMILES string of the molecule is CC[C@@H](OC(=O)c1ccccc1O)C(=O)NCc1ccccc1. The van der Waals surface area contributed by atoms with E-state index in [0.29, 0.717) is 13.0 Å². The van der Waals surface area contributed by atoms with Crippen LogP contribution in [0.5, 0.6) is 5.75 Å². The molecule has 2 N–H and O–H groups in total. The van der Waals surface area contributed by atoms with Crippen LogP contribution in [-0.2, 0) is 16.1 Å². The van der Waals surface area contributed by atoms with Gasteiger partial charge in [0, 0.05) is 6.54 Å². The van der Waals surface area contributed by atoms with Crippen LogP contribution in [0.15, 0.2) is 54.6 Å². The van der Waals surface area contributed by atoms with Crippen molar-refractivity contribution >= 4 is 11.9 Å². The summed E-state index contributed by atoms with van der Waals surface area (Å²) in [5.74, 6) is -1.25. The van der Waals surface area contributed by atoms with Crippen molar-refractivity contribution in [3.63, 3.8) is 0 Å². The average Bonchev–Trinajstić information content (AvgIpc) is 2.58. The van der Waals surface area contributed by atoms with E-state index in [9.17, 15) is 14.7 Å². The lowest BCUT2D eigenvalue weighted by atomic mass is 10.2. The Labute approximate surface area is 134 Å². The van der Waals surface area contributed by atoms with E-state index in [1.54, 1.807) is 19.1 Å². The summed E-state index contributed by atoms with van der Waals surface area (Å²) in [6.45, 7) is 2.12. The highest BCUT2D eigenvalue weighted by molar-refractivity contribution is 5.94. The third kappa shape index (κ3) is 4.57. The molecule has 2 rings (SSSR count). The zero-order valence-corrected chi connectivity index (χ0v) is 12.9. The molecular formula is C18H19NO4. The summed E-state index contributed by atoms with van der Waals surface area (Å²) in [6, 6.07) is 15.5. The highest BCUT2D eigenvalue weighted by atomic mass is 16.5. The number of ether oxygens (including phenoxy) is 1. The van der Waals surface area contributed by atoms with E-state index in [2.05, 4.69) is 5.32 Å². The second-order valence-corrected chi connectivity index (χ2v) is 5.02. The summed E-state index contributed by atoms with van der Waals surface area (Å²) in [4.78, 5) is 24.2. The largest absolute Gasteiger partial charge is 0.507 e. The number of esters is 1. The van der Waals surface area contributed by atoms with Gasteiger partial charge in [0.2, 0.25) is 0 Å². The second-order valence-electron chi connectivity index (χ2n) is 5.02. The summed E-state index contributed by atoms with van der Waals surface area (Å²) in [6.07, 6.45) is -0.550. The molecule has 0 aliphatic carbocycles. The molecule has 0 bridgehead atoms. The van der Waals surface area contributed by atoms with Crippen molar-refractivity contribution in [3.8, 4) is 5.75 Å². The molecule has 0 unspecified atom stereocenters. The summed E-state index contributed by atoms with van der Waals surface area (Å²) in [5, 5.41) is 12.4. The van der Waals surface area contributed by atoms with Crippen LogP contribution in [0.4, 0.5) is 0 Å². The third-order valence-electron chi connectivity index (χ3n) is 3.35. The molecule has 2 aromatic rings. The summed E-state index contributed by atoms with van der Waals surface area (Å²) in [7, 11) is 0. The Morgan fingerprint density at radius 3 is 2.39 bits per heavy atom. The Hall–Kier alpha value is -2.82. The Balaban J connectivity index is 1.95. The van der Waals surface area contributed by atoms with Crippen molar-refractivity contribution < 1.29 is 19.4 Å². The van der Waals surface area contributed by atoms with Gasteiger partial charge in [0.1, 0.15) is 11.3 Å². The fourth-order valence-electron chi connectivity index (χ4n) is 2.06. The van der Waals surface area contributed by atoms with Gasteiger partial charge >= 0.3 is 5.97 Å². The number of benzene rings is 2. The Kier molecular flexibility index (Phi) is 5.74. The molecule has 2 aromatic carbocycles. The van der Waals surface area contributed by atoms with Gasteiger partial charge in [0.05, 0.1) is 0 Å². The maximum Gasteiger partial charge on any atom is 0.342 e. The van der Waals surface area contributed by atoms with Gasteiger partial charge in [-0.05, 0) is 24.1 Å². The van der Waals surface area contributed by atoms with Crippen LogP contribution in [-0.4, -0.2) is 23.1 Å². The molecule has 0 saturated heterocycles. The first-order valence-corrected chi connectivity index (χ1v) is 7.42. The van der Waals surface area contributed by atoms with Crippen molar-refractivity contribution in [3.05, 3.63) is 65.7 Å². The molecule has 1 amide bonds. The van der Waals surface area contributed by atoms with Crippen LogP contribution >= 0.6 is 0 Å². The van der Waals surface area contributed by atoms with Gasteiger partial charge in [-0.3, -0.25) is 4.79 Å². The summed E-state index contributed by atoms with van der Waals surface area (Å²) >= 11 is 0. The number of para-hydroxylation sites is 1. The number of hydrogen-bond donors (Lipinski definition) is 2. The van der Waals surface area contributed by atoms with Gasteiger partial charge in [0.15, 0.2) is 6.10 Å². The first-order valence-electron chi connectivity index (χ1n) is 7.42. The Morgan fingerprint density at radius 1 is 1.09 bits per heavy atom. The van der Waals surface area contributed by atoms with Crippen LogP contribution in [0.1, 0.15) is 29.3 Å². The highest BCUT2D eigenvalue weighted by Gasteiger charge is 2.23. The van der Waals surface area contributed by atoms with E-state index in [-0.39, 0.29) is 17.2 Å². The topological polar surface area (TPSA) is 75.6 Å². The molecule has 5 nitrogen and oxygen atoms in total. The Morgan fingerprint density at radius 2 is 1.74 bits per heavy atom. The molecule has 0 saturated carbocycles. The lowest BCUT2D eigenvalue weighted by Gasteiger charge is -2.16. The van der Waals surface area contributed by atoms with Crippen LogP contribution in [0, 0.1) is 0 Å². The van der Waals surface area contributed by atoms with E-state index < -0.39 is 12.1 Å². The van der Waals surface area contributed by atoms with Gasteiger partial charge in [-0.25, -0.2) is 4.79 Å². The molecular weight excluding hydrogens is 294 g/mol. The zero-order valence-electron chi connectivity index (χ0n) is 12.9. The van der Waals surface area contributed by atoms with Crippen LogP contribution in [0.25, 0.3) is 0 Å². The van der Waals surface area contributed by atoms with Gasteiger partial charge in [-0.1, -0.05) is 49.4 Å². The van der Waals surface area contributed by atoms with E-state index in [4.69, 9.17) is 4.74 Å². The van der Waals surface area contributed by atoms with Crippen LogP contribution in [0.2, 0.25) is 0 Å². The maximum absolute atomic E-state index is 12.1. The minimum atomic E-state index is -0.897. The fraction of sp³-hybridized carbons (Fsp3) is 0.222. The molecule has 0 fully saturated rings. The number of rotatable bonds is 6. The monoisotopic (exact) mass is 313 g/mol. The zero-order chi connectivity index (χ0) is 16.7. The first kappa shape index (κ1) is 16.5. The second kappa shape index (κ2) is 7.98. The molecule has 0 radical (unpaired) electrons. The van der Waals surface area contributed by atoms with Crippen molar-refractivity contribution in [2.75, 3.05) is 0 Å². The minimum Gasteiger partial charge on any atom is -0.507 e. The van der Waals surface area contributed by atoms with E-state index in [0.717, 1.165) is 5.56 Å². The fourth-order valence-corrected chi connectivity index (χ4v) is 2.06. The molecule has 0 aliphatic rings. The predicted molar refractivity (Wildman–Crippen MR) is 85.9 cm³/mol. The lowest BCUT2D eigenvalue weighted by Crippen LogP contribution is -2.37. The van der Waals surface area contributed by atoms with Gasteiger partial charge in [-0.2, -0.15) is 0 Å². The van der Waals surface area contributed by atoms with Gasteiger partial charge in [0.25, 0.3) is 5.91 Å². The smallest absolute Gasteiger partial charge is 0.342 e. The van der Waals surface area contributed by atoms with E-state index >= 15 is 0 Å². The minimum absolute atomic E-state index is 0.0433. The maximum atomic E-state index is 12.1. The number of carbonyl (C=O) groups is 2.